The monoisotopic (exact) mass is 219 g/mol. The van der Waals surface area contributed by atoms with Crippen LogP contribution in [0.3, 0.4) is 0 Å². The number of likely N-dealkylation sites (tertiary alicyclic amines) is 1. The molecule has 2 heteroatoms. The molecular weight excluding hydrogens is 198 g/mol. The molecule has 1 aromatic rings. The van der Waals surface area contributed by atoms with Crippen LogP contribution in [-0.4, -0.2) is 30.1 Å². The number of piperidine rings is 1. The largest absolute Gasteiger partial charge is 0.385 e. The summed E-state index contributed by atoms with van der Waals surface area (Å²) in [4.78, 5) is 2.28. The van der Waals surface area contributed by atoms with E-state index < -0.39 is 5.60 Å². The average molecular weight is 219 g/mol. The predicted octanol–water partition coefficient (Wildman–Crippen LogP) is 2.22. The van der Waals surface area contributed by atoms with Crippen LogP contribution in [0.15, 0.2) is 18.2 Å². The van der Waals surface area contributed by atoms with Gasteiger partial charge in [0.1, 0.15) is 0 Å². The topological polar surface area (TPSA) is 23.5 Å². The average Bonchev–Trinajstić information content (AvgIpc) is 2.27. The lowest BCUT2D eigenvalue weighted by Gasteiger charge is -2.38. The number of rotatable bonds is 1. The van der Waals surface area contributed by atoms with Crippen LogP contribution in [0, 0.1) is 13.8 Å². The first-order chi connectivity index (χ1) is 7.53. The zero-order valence-corrected chi connectivity index (χ0v) is 10.5. The molecule has 0 aliphatic carbocycles. The van der Waals surface area contributed by atoms with Crippen molar-refractivity contribution >= 4 is 0 Å². The molecule has 0 spiro atoms. The summed E-state index contributed by atoms with van der Waals surface area (Å²) in [7, 11) is 2.11. The van der Waals surface area contributed by atoms with E-state index in [9.17, 15) is 5.11 Å². The van der Waals surface area contributed by atoms with E-state index in [2.05, 4.69) is 37.9 Å². The van der Waals surface area contributed by atoms with Crippen molar-refractivity contribution in [2.75, 3.05) is 20.1 Å². The van der Waals surface area contributed by atoms with Crippen LogP contribution in [0.25, 0.3) is 0 Å². The first kappa shape index (κ1) is 11.6. The molecule has 0 saturated carbocycles. The highest BCUT2D eigenvalue weighted by atomic mass is 16.3. The maximum absolute atomic E-state index is 10.7. The third kappa shape index (κ3) is 2.00. The molecule has 1 fully saturated rings. The minimum Gasteiger partial charge on any atom is -0.385 e. The van der Waals surface area contributed by atoms with Crippen molar-refractivity contribution in [2.24, 2.45) is 0 Å². The van der Waals surface area contributed by atoms with Crippen LogP contribution in [0.2, 0.25) is 0 Å². The first-order valence-electron chi connectivity index (χ1n) is 6.00. The number of hydrogen-bond acceptors (Lipinski definition) is 2. The summed E-state index contributed by atoms with van der Waals surface area (Å²) in [5, 5.41) is 10.7. The van der Waals surface area contributed by atoms with Crippen LogP contribution >= 0.6 is 0 Å². The minimum atomic E-state index is -0.609. The molecule has 0 atom stereocenters. The molecule has 2 rings (SSSR count). The summed E-state index contributed by atoms with van der Waals surface area (Å²) in [6.07, 6.45) is 1.68. The fourth-order valence-electron chi connectivity index (χ4n) is 2.51. The van der Waals surface area contributed by atoms with Crippen LogP contribution in [-0.2, 0) is 5.60 Å². The summed E-state index contributed by atoms with van der Waals surface area (Å²) >= 11 is 0. The fraction of sp³-hybridized carbons (Fsp3) is 0.571. The lowest BCUT2D eigenvalue weighted by molar-refractivity contribution is -0.0208. The number of benzene rings is 1. The third-order valence-corrected chi connectivity index (χ3v) is 3.92. The number of nitrogens with zero attached hydrogens (tertiary/aromatic N) is 1. The fourth-order valence-corrected chi connectivity index (χ4v) is 2.51. The van der Waals surface area contributed by atoms with E-state index in [0.717, 1.165) is 31.5 Å². The van der Waals surface area contributed by atoms with Crippen molar-refractivity contribution in [1.29, 1.82) is 0 Å². The van der Waals surface area contributed by atoms with Gasteiger partial charge in [-0.1, -0.05) is 18.2 Å². The highest BCUT2D eigenvalue weighted by Gasteiger charge is 2.34. The normalized spacial score (nSPS) is 21.0. The molecule has 1 N–H and O–H groups in total. The molecule has 88 valence electrons. The Hall–Kier alpha value is -0.860. The van der Waals surface area contributed by atoms with E-state index in [1.807, 2.05) is 6.07 Å². The predicted molar refractivity (Wildman–Crippen MR) is 66.5 cm³/mol. The maximum atomic E-state index is 10.7. The van der Waals surface area contributed by atoms with Crippen LogP contribution < -0.4 is 0 Å². The van der Waals surface area contributed by atoms with Gasteiger partial charge in [0.25, 0.3) is 0 Å². The van der Waals surface area contributed by atoms with E-state index in [-0.39, 0.29) is 0 Å². The molecular formula is C14H21NO. The highest BCUT2D eigenvalue weighted by molar-refractivity contribution is 5.37. The molecule has 1 saturated heterocycles. The Bertz CT molecular complexity index is 378. The first-order valence-corrected chi connectivity index (χ1v) is 6.00. The van der Waals surface area contributed by atoms with E-state index in [0.29, 0.717) is 0 Å². The molecule has 0 bridgehead atoms. The molecule has 1 aromatic carbocycles. The molecule has 2 nitrogen and oxygen atoms in total. The van der Waals surface area contributed by atoms with Gasteiger partial charge >= 0.3 is 0 Å². The number of hydrogen-bond donors (Lipinski definition) is 1. The van der Waals surface area contributed by atoms with E-state index in [4.69, 9.17) is 0 Å². The van der Waals surface area contributed by atoms with Crippen LogP contribution in [0.1, 0.15) is 29.5 Å². The third-order valence-electron chi connectivity index (χ3n) is 3.92. The Balaban J connectivity index is 2.32. The van der Waals surface area contributed by atoms with E-state index in [1.165, 1.54) is 11.1 Å². The zero-order chi connectivity index (χ0) is 11.8. The van der Waals surface area contributed by atoms with Gasteiger partial charge in [0, 0.05) is 13.1 Å². The van der Waals surface area contributed by atoms with Crippen LogP contribution in [0.5, 0.6) is 0 Å². The Morgan fingerprint density at radius 3 is 2.44 bits per heavy atom. The van der Waals surface area contributed by atoms with Crippen molar-refractivity contribution in [3.63, 3.8) is 0 Å². The molecule has 16 heavy (non-hydrogen) atoms. The van der Waals surface area contributed by atoms with E-state index in [1.54, 1.807) is 0 Å². The van der Waals surface area contributed by atoms with Gasteiger partial charge in [-0.2, -0.15) is 0 Å². The summed E-state index contributed by atoms with van der Waals surface area (Å²) < 4.78 is 0. The van der Waals surface area contributed by atoms with Crippen molar-refractivity contribution in [2.45, 2.75) is 32.3 Å². The van der Waals surface area contributed by atoms with E-state index >= 15 is 0 Å². The molecule has 1 aliphatic rings. The second kappa shape index (κ2) is 4.19. The van der Waals surface area contributed by atoms with Gasteiger partial charge in [-0.3, -0.25) is 0 Å². The van der Waals surface area contributed by atoms with Crippen molar-refractivity contribution in [3.8, 4) is 0 Å². The van der Waals surface area contributed by atoms with Gasteiger partial charge in [0.2, 0.25) is 0 Å². The molecule has 0 radical (unpaired) electrons. The zero-order valence-electron chi connectivity index (χ0n) is 10.5. The Labute approximate surface area is 97.9 Å². The van der Waals surface area contributed by atoms with Gasteiger partial charge in [0.05, 0.1) is 5.60 Å². The van der Waals surface area contributed by atoms with Crippen molar-refractivity contribution < 1.29 is 5.11 Å². The summed E-state index contributed by atoms with van der Waals surface area (Å²) in [5.74, 6) is 0. The second-order valence-electron chi connectivity index (χ2n) is 5.08. The highest BCUT2D eigenvalue weighted by Crippen LogP contribution is 2.34. The Morgan fingerprint density at radius 1 is 1.19 bits per heavy atom. The van der Waals surface area contributed by atoms with Crippen LogP contribution in [0.4, 0.5) is 0 Å². The van der Waals surface area contributed by atoms with Gasteiger partial charge in [-0.25, -0.2) is 0 Å². The quantitative estimate of drug-likeness (QED) is 0.783. The molecule has 1 heterocycles. The SMILES string of the molecule is Cc1cccc(C2(O)CCN(C)CC2)c1C. The summed E-state index contributed by atoms with van der Waals surface area (Å²) in [6.45, 7) is 6.17. The van der Waals surface area contributed by atoms with Crippen molar-refractivity contribution in [1.82, 2.24) is 4.90 Å². The second-order valence-corrected chi connectivity index (χ2v) is 5.08. The number of aryl methyl sites for hydroxylation is 1. The Kier molecular flexibility index (Phi) is 3.04. The van der Waals surface area contributed by atoms with Gasteiger partial charge in [0.15, 0.2) is 0 Å². The lowest BCUT2D eigenvalue weighted by atomic mass is 9.81. The molecule has 0 amide bonds. The number of aliphatic hydroxyl groups is 1. The molecule has 1 aliphatic heterocycles. The smallest absolute Gasteiger partial charge is 0.0923 e. The standard InChI is InChI=1S/C14H21NO/c1-11-5-4-6-13(12(11)2)14(16)7-9-15(3)10-8-14/h4-6,16H,7-10H2,1-3H3. The minimum absolute atomic E-state index is 0.609. The van der Waals surface area contributed by atoms with Gasteiger partial charge in [-0.15, -0.1) is 0 Å². The summed E-state index contributed by atoms with van der Waals surface area (Å²) in [5.41, 5.74) is 3.03. The van der Waals surface area contributed by atoms with Gasteiger partial charge in [-0.05, 0) is 50.4 Å². The lowest BCUT2D eigenvalue weighted by Crippen LogP contribution is -2.41. The molecule has 0 unspecified atom stereocenters. The van der Waals surface area contributed by atoms with Crippen molar-refractivity contribution in [3.05, 3.63) is 34.9 Å². The van der Waals surface area contributed by atoms with Gasteiger partial charge < -0.3 is 10.0 Å². The summed E-state index contributed by atoms with van der Waals surface area (Å²) in [6, 6.07) is 6.23. The Morgan fingerprint density at radius 2 is 1.81 bits per heavy atom. The molecule has 0 aromatic heterocycles. The maximum Gasteiger partial charge on any atom is 0.0923 e.